The van der Waals surface area contributed by atoms with E-state index < -0.39 is 14.4 Å². The summed E-state index contributed by atoms with van der Waals surface area (Å²) in [6.07, 6.45) is 9.10. The van der Waals surface area contributed by atoms with E-state index in [2.05, 4.69) is 46.9 Å². The molecule has 1 aliphatic heterocycles. The lowest BCUT2D eigenvalue weighted by atomic mass is 9.91. The van der Waals surface area contributed by atoms with E-state index in [0.717, 1.165) is 32.1 Å². The summed E-state index contributed by atoms with van der Waals surface area (Å²) in [5.41, 5.74) is 0. The van der Waals surface area contributed by atoms with Crippen molar-refractivity contribution in [3.8, 4) is 0 Å². The number of aliphatic hydroxyl groups is 1. The molecule has 1 saturated carbocycles. The van der Waals surface area contributed by atoms with Crippen molar-refractivity contribution < 1.29 is 19.1 Å². The van der Waals surface area contributed by atoms with Gasteiger partial charge in [0.15, 0.2) is 8.32 Å². The zero-order valence-electron chi connectivity index (χ0n) is 17.5. The predicted octanol–water partition coefficient (Wildman–Crippen LogP) is 4.83. The predicted molar refractivity (Wildman–Crippen MR) is 107 cm³/mol. The summed E-state index contributed by atoms with van der Waals surface area (Å²) in [5, 5.41) is 10.4. The van der Waals surface area contributed by atoms with Crippen LogP contribution in [0.1, 0.15) is 66.2 Å². The van der Waals surface area contributed by atoms with Crippen molar-refractivity contribution in [2.75, 3.05) is 0 Å². The number of hydrogen-bond donors (Lipinski definition) is 1. The number of aliphatic hydroxyl groups excluding tert-OH is 1. The Morgan fingerprint density at radius 2 is 2.04 bits per heavy atom. The van der Waals surface area contributed by atoms with Crippen LogP contribution in [0.25, 0.3) is 0 Å². The maximum Gasteiger partial charge on any atom is 0.306 e. The number of hydrogen-bond acceptors (Lipinski definition) is 4. The molecule has 2 fully saturated rings. The Bertz CT molecular complexity index is 509. The van der Waals surface area contributed by atoms with Crippen LogP contribution in [0, 0.1) is 11.8 Å². The molecule has 0 unspecified atom stereocenters. The van der Waals surface area contributed by atoms with Gasteiger partial charge in [-0.2, -0.15) is 0 Å². The largest absolute Gasteiger partial charge is 0.462 e. The first-order chi connectivity index (χ1) is 12.0. The van der Waals surface area contributed by atoms with Crippen molar-refractivity contribution in [3.63, 3.8) is 0 Å². The third kappa shape index (κ3) is 5.20. The third-order valence-corrected chi connectivity index (χ3v) is 11.0. The molecule has 2 rings (SSSR count). The molecular weight excluding hydrogens is 344 g/mol. The van der Waals surface area contributed by atoms with Crippen LogP contribution in [-0.4, -0.2) is 37.7 Å². The molecule has 1 saturated heterocycles. The summed E-state index contributed by atoms with van der Waals surface area (Å²) in [6, 6.07) is 0. The number of carbonyl (C=O) groups excluding carboxylic acids is 1. The third-order valence-electron chi connectivity index (χ3n) is 6.46. The lowest BCUT2D eigenvalue weighted by molar-refractivity contribution is -0.141. The summed E-state index contributed by atoms with van der Waals surface area (Å²) < 4.78 is 12.2. The van der Waals surface area contributed by atoms with Crippen molar-refractivity contribution >= 4 is 14.3 Å². The Morgan fingerprint density at radius 3 is 2.65 bits per heavy atom. The lowest BCUT2D eigenvalue weighted by Crippen LogP contribution is -2.45. The monoisotopic (exact) mass is 382 g/mol. The molecule has 26 heavy (non-hydrogen) atoms. The van der Waals surface area contributed by atoms with Gasteiger partial charge < -0.3 is 14.3 Å². The van der Waals surface area contributed by atoms with E-state index in [0.29, 0.717) is 6.42 Å². The zero-order valence-corrected chi connectivity index (χ0v) is 18.5. The normalized spacial score (nSPS) is 30.7. The van der Waals surface area contributed by atoms with Gasteiger partial charge >= 0.3 is 5.97 Å². The highest BCUT2D eigenvalue weighted by Crippen LogP contribution is 2.47. The maximum absolute atomic E-state index is 11.7. The van der Waals surface area contributed by atoms with Gasteiger partial charge in [0.2, 0.25) is 0 Å². The number of unbranched alkanes of at least 4 members (excludes halogenated alkanes) is 2. The minimum Gasteiger partial charge on any atom is -0.462 e. The Morgan fingerprint density at radius 1 is 1.35 bits per heavy atom. The number of rotatable bonds is 8. The molecule has 0 aromatic rings. The molecule has 0 spiro atoms. The second-order valence-corrected chi connectivity index (χ2v) is 14.3. The van der Waals surface area contributed by atoms with Gasteiger partial charge in [-0.25, -0.2) is 0 Å². The fourth-order valence-electron chi connectivity index (χ4n) is 3.80. The fourth-order valence-corrected chi connectivity index (χ4v) is 5.17. The van der Waals surface area contributed by atoms with Crippen molar-refractivity contribution in [2.45, 2.75) is 103 Å². The van der Waals surface area contributed by atoms with Crippen LogP contribution >= 0.6 is 0 Å². The summed E-state index contributed by atoms with van der Waals surface area (Å²) in [5.74, 6) is 0.255. The Balaban J connectivity index is 2.08. The zero-order chi connectivity index (χ0) is 19.5. The van der Waals surface area contributed by atoms with Gasteiger partial charge in [0.1, 0.15) is 6.10 Å². The van der Waals surface area contributed by atoms with E-state index in [9.17, 15) is 9.90 Å². The van der Waals surface area contributed by atoms with E-state index >= 15 is 0 Å². The van der Waals surface area contributed by atoms with Gasteiger partial charge in [-0.1, -0.05) is 59.1 Å². The van der Waals surface area contributed by atoms with E-state index in [4.69, 9.17) is 9.16 Å². The van der Waals surface area contributed by atoms with E-state index in [1.807, 2.05) is 6.08 Å². The Kier molecular flexibility index (Phi) is 7.14. The summed E-state index contributed by atoms with van der Waals surface area (Å²) >= 11 is 0. The molecule has 5 heteroatoms. The van der Waals surface area contributed by atoms with Crippen molar-refractivity contribution in [1.82, 2.24) is 0 Å². The van der Waals surface area contributed by atoms with Crippen LogP contribution in [0.5, 0.6) is 0 Å². The van der Waals surface area contributed by atoms with Crippen LogP contribution in [0.2, 0.25) is 18.1 Å². The lowest BCUT2D eigenvalue weighted by Gasteiger charge is -2.39. The minimum absolute atomic E-state index is 0.0239. The topological polar surface area (TPSA) is 55.8 Å². The second kappa shape index (κ2) is 8.57. The van der Waals surface area contributed by atoms with Crippen LogP contribution in [0.4, 0.5) is 0 Å². The number of carbonyl (C=O) groups is 1. The number of esters is 1. The first kappa shape index (κ1) is 21.6. The van der Waals surface area contributed by atoms with Crippen LogP contribution < -0.4 is 0 Å². The average molecular weight is 383 g/mol. The second-order valence-electron chi connectivity index (χ2n) is 9.57. The molecule has 5 atom stereocenters. The molecule has 1 heterocycles. The van der Waals surface area contributed by atoms with E-state index in [1.165, 1.54) is 0 Å². The van der Waals surface area contributed by atoms with Gasteiger partial charge in [0.25, 0.3) is 0 Å². The summed E-state index contributed by atoms with van der Waals surface area (Å²) in [6.45, 7) is 13.5. The van der Waals surface area contributed by atoms with Crippen LogP contribution in [0.15, 0.2) is 12.2 Å². The molecule has 0 aromatic heterocycles. The SMILES string of the molecule is CCCCC[C@H](O)C=C[C@@H]1[C@H]2CC(=O)O[C@H]2C[C@H]1O[Si](C)(C)C(C)(C)C. The van der Waals surface area contributed by atoms with E-state index in [-0.39, 0.29) is 35.1 Å². The van der Waals surface area contributed by atoms with Gasteiger partial charge in [-0.3, -0.25) is 4.79 Å². The first-order valence-corrected chi connectivity index (χ1v) is 13.2. The first-order valence-electron chi connectivity index (χ1n) is 10.3. The summed E-state index contributed by atoms with van der Waals surface area (Å²) in [7, 11) is -1.90. The van der Waals surface area contributed by atoms with Gasteiger partial charge in [-0.05, 0) is 24.6 Å². The molecule has 0 bridgehead atoms. The molecule has 2 aliphatic rings. The van der Waals surface area contributed by atoms with Gasteiger partial charge in [0.05, 0.1) is 18.6 Å². The van der Waals surface area contributed by atoms with Crippen LogP contribution in [-0.2, 0) is 14.0 Å². The maximum atomic E-state index is 11.7. The molecule has 0 amide bonds. The summed E-state index contributed by atoms with van der Waals surface area (Å²) in [4.78, 5) is 11.7. The highest BCUT2D eigenvalue weighted by atomic mass is 28.4. The quantitative estimate of drug-likeness (QED) is 0.283. The number of fused-ring (bicyclic) bond motifs is 1. The molecular formula is C21H38O4Si. The fraction of sp³-hybridized carbons (Fsp3) is 0.857. The molecule has 1 aliphatic carbocycles. The van der Waals surface area contributed by atoms with Crippen molar-refractivity contribution in [1.29, 1.82) is 0 Å². The number of ether oxygens (including phenoxy) is 1. The molecule has 0 radical (unpaired) electrons. The molecule has 150 valence electrons. The van der Waals surface area contributed by atoms with Crippen LogP contribution in [0.3, 0.4) is 0 Å². The smallest absolute Gasteiger partial charge is 0.306 e. The molecule has 0 aromatic carbocycles. The van der Waals surface area contributed by atoms with E-state index in [1.54, 1.807) is 0 Å². The standard InChI is InChI=1S/C21H38O4Si/c1-7-8-9-10-15(22)11-12-16-17-13-20(23)24-18(17)14-19(16)25-26(5,6)21(2,3)4/h11-12,15-19,22H,7-10,13-14H2,1-6H3/t15-,16+,17+,18-,19+/m0/s1. The highest BCUT2D eigenvalue weighted by molar-refractivity contribution is 6.74. The van der Waals surface area contributed by atoms with Gasteiger partial charge in [-0.15, -0.1) is 0 Å². The Hall–Kier alpha value is -0.653. The van der Waals surface area contributed by atoms with Crippen molar-refractivity contribution in [2.24, 2.45) is 11.8 Å². The Labute approximate surface area is 160 Å². The average Bonchev–Trinajstić information content (AvgIpc) is 2.99. The molecule has 4 nitrogen and oxygen atoms in total. The van der Waals surface area contributed by atoms with Gasteiger partial charge in [0, 0.05) is 18.3 Å². The highest BCUT2D eigenvalue weighted by Gasteiger charge is 2.52. The van der Waals surface area contributed by atoms with Crippen molar-refractivity contribution in [3.05, 3.63) is 12.2 Å². The minimum atomic E-state index is -1.90. The molecule has 1 N–H and O–H groups in total.